The summed E-state index contributed by atoms with van der Waals surface area (Å²) in [6.07, 6.45) is 1.91. The van der Waals surface area contributed by atoms with E-state index >= 15 is 0 Å². The van der Waals surface area contributed by atoms with E-state index in [1.807, 2.05) is 43.5 Å². The van der Waals surface area contributed by atoms with Crippen LogP contribution in [0.1, 0.15) is 29.9 Å². The Bertz CT molecular complexity index is 600. The number of rotatable bonds is 7. The Morgan fingerprint density at radius 2 is 1.86 bits per heavy atom. The highest BCUT2D eigenvalue weighted by atomic mass is 16.1. The second-order valence-electron chi connectivity index (χ2n) is 5.35. The summed E-state index contributed by atoms with van der Waals surface area (Å²) < 4.78 is 0. The van der Waals surface area contributed by atoms with E-state index < -0.39 is 0 Å². The molecule has 2 N–H and O–H groups in total. The van der Waals surface area contributed by atoms with Crippen LogP contribution in [0.25, 0.3) is 11.1 Å². The van der Waals surface area contributed by atoms with Crippen LogP contribution in [-0.4, -0.2) is 42.0 Å². The summed E-state index contributed by atoms with van der Waals surface area (Å²) in [5, 5.41) is 3.03. The van der Waals surface area contributed by atoms with Crippen LogP contribution in [0.4, 0.5) is 0 Å². The summed E-state index contributed by atoms with van der Waals surface area (Å²) >= 11 is 0. The molecule has 4 heteroatoms. The maximum atomic E-state index is 12.5. The van der Waals surface area contributed by atoms with E-state index in [9.17, 15) is 4.79 Å². The van der Waals surface area contributed by atoms with Crippen LogP contribution in [0.2, 0.25) is 0 Å². The zero-order valence-electron chi connectivity index (χ0n) is 13.6. The number of aryl methyl sites for hydroxylation is 1. The highest BCUT2D eigenvalue weighted by molar-refractivity contribution is 6.02. The van der Waals surface area contributed by atoms with Crippen molar-refractivity contribution in [2.24, 2.45) is 0 Å². The quantitative estimate of drug-likeness (QED) is 0.825. The van der Waals surface area contributed by atoms with Gasteiger partial charge in [0.15, 0.2) is 0 Å². The summed E-state index contributed by atoms with van der Waals surface area (Å²) in [4.78, 5) is 18.0. The Kier molecular flexibility index (Phi) is 5.78. The summed E-state index contributed by atoms with van der Waals surface area (Å²) in [6, 6.07) is 10.00. The second kappa shape index (κ2) is 7.80. The van der Waals surface area contributed by atoms with Gasteiger partial charge in [0.05, 0.1) is 5.56 Å². The molecule has 1 heterocycles. The van der Waals surface area contributed by atoms with E-state index in [0.717, 1.165) is 42.0 Å². The molecule has 0 bridgehead atoms. The maximum Gasteiger partial charge on any atom is 0.253 e. The molecule has 0 radical (unpaired) electrons. The van der Waals surface area contributed by atoms with E-state index in [2.05, 4.69) is 29.0 Å². The molecule has 0 fully saturated rings. The number of H-pyrrole nitrogens is 1. The molecular weight excluding hydrogens is 274 g/mol. The van der Waals surface area contributed by atoms with Crippen molar-refractivity contribution in [3.8, 4) is 11.1 Å². The smallest absolute Gasteiger partial charge is 0.253 e. The molecule has 2 aromatic rings. The van der Waals surface area contributed by atoms with Gasteiger partial charge in [0, 0.05) is 30.5 Å². The Morgan fingerprint density at radius 3 is 2.50 bits per heavy atom. The Hall–Kier alpha value is -2.07. The summed E-state index contributed by atoms with van der Waals surface area (Å²) in [5.74, 6) is -0.00948. The molecule has 0 aliphatic rings. The van der Waals surface area contributed by atoms with Gasteiger partial charge in [0.2, 0.25) is 0 Å². The lowest BCUT2D eigenvalue weighted by Crippen LogP contribution is -2.35. The van der Waals surface area contributed by atoms with Crippen molar-refractivity contribution >= 4 is 5.91 Å². The summed E-state index contributed by atoms with van der Waals surface area (Å²) in [5.41, 5.74) is 3.66. The number of carbonyl (C=O) groups is 1. The minimum Gasteiger partial charge on any atom is -0.364 e. The number of hydrogen-bond donors (Lipinski definition) is 2. The number of carbonyl (C=O) groups excluding carboxylic acids is 1. The molecule has 0 aliphatic heterocycles. The molecule has 0 saturated heterocycles. The third-order valence-corrected chi connectivity index (χ3v) is 4.00. The largest absolute Gasteiger partial charge is 0.364 e. The van der Waals surface area contributed by atoms with Gasteiger partial charge in [-0.3, -0.25) is 4.79 Å². The predicted octanol–water partition coefficient (Wildman–Crippen LogP) is 3.06. The van der Waals surface area contributed by atoms with Crippen LogP contribution in [-0.2, 0) is 0 Å². The fourth-order valence-corrected chi connectivity index (χ4v) is 2.62. The summed E-state index contributed by atoms with van der Waals surface area (Å²) in [6.45, 7) is 9.76. The van der Waals surface area contributed by atoms with Crippen molar-refractivity contribution < 1.29 is 4.79 Å². The van der Waals surface area contributed by atoms with Crippen LogP contribution in [0, 0.1) is 6.92 Å². The van der Waals surface area contributed by atoms with E-state index in [1.165, 1.54) is 0 Å². The number of amides is 1. The fourth-order valence-electron chi connectivity index (χ4n) is 2.62. The van der Waals surface area contributed by atoms with Crippen LogP contribution >= 0.6 is 0 Å². The molecule has 0 aliphatic carbocycles. The minimum atomic E-state index is -0.00948. The van der Waals surface area contributed by atoms with Crippen LogP contribution < -0.4 is 5.32 Å². The van der Waals surface area contributed by atoms with Gasteiger partial charge in [-0.2, -0.15) is 0 Å². The van der Waals surface area contributed by atoms with E-state index in [-0.39, 0.29) is 5.91 Å². The molecule has 22 heavy (non-hydrogen) atoms. The Morgan fingerprint density at radius 1 is 1.18 bits per heavy atom. The lowest BCUT2D eigenvalue weighted by atomic mass is 10.0. The van der Waals surface area contributed by atoms with Crippen LogP contribution in [0.15, 0.2) is 36.5 Å². The van der Waals surface area contributed by atoms with E-state index in [4.69, 9.17) is 0 Å². The van der Waals surface area contributed by atoms with Crippen molar-refractivity contribution in [1.29, 1.82) is 0 Å². The molecular formula is C18H25N3O. The van der Waals surface area contributed by atoms with E-state index in [1.54, 1.807) is 0 Å². The molecule has 1 amide bonds. The lowest BCUT2D eigenvalue weighted by molar-refractivity contribution is 0.0949. The first kappa shape index (κ1) is 16.3. The van der Waals surface area contributed by atoms with Crippen molar-refractivity contribution in [3.63, 3.8) is 0 Å². The van der Waals surface area contributed by atoms with Gasteiger partial charge in [-0.05, 0) is 25.6 Å². The minimum absolute atomic E-state index is 0.00948. The molecule has 1 aromatic carbocycles. The highest BCUT2D eigenvalue weighted by Crippen LogP contribution is 2.25. The first-order valence-corrected chi connectivity index (χ1v) is 7.91. The molecule has 0 atom stereocenters. The monoisotopic (exact) mass is 299 g/mol. The number of aromatic nitrogens is 1. The third kappa shape index (κ3) is 3.77. The Balaban J connectivity index is 2.09. The number of benzene rings is 1. The Labute approximate surface area is 132 Å². The topological polar surface area (TPSA) is 48.1 Å². The van der Waals surface area contributed by atoms with Crippen molar-refractivity contribution in [2.45, 2.75) is 20.8 Å². The van der Waals surface area contributed by atoms with Crippen LogP contribution in [0.5, 0.6) is 0 Å². The highest BCUT2D eigenvalue weighted by Gasteiger charge is 2.17. The molecule has 0 saturated carbocycles. The lowest BCUT2D eigenvalue weighted by Gasteiger charge is -2.18. The summed E-state index contributed by atoms with van der Waals surface area (Å²) in [7, 11) is 0. The zero-order chi connectivity index (χ0) is 15.9. The number of aromatic amines is 1. The van der Waals surface area contributed by atoms with Crippen LogP contribution in [0.3, 0.4) is 0 Å². The van der Waals surface area contributed by atoms with Gasteiger partial charge < -0.3 is 15.2 Å². The second-order valence-corrected chi connectivity index (χ2v) is 5.35. The molecule has 1 aromatic heterocycles. The standard InChI is InChI=1S/C18H25N3O/c1-4-21(5-2)12-11-19-18(22)17-14(3)20-13-16(17)15-9-7-6-8-10-15/h6-10,13,20H,4-5,11-12H2,1-3H3,(H,19,22). The van der Waals surface area contributed by atoms with Gasteiger partial charge in [-0.25, -0.2) is 0 Å². The molecule has 4 nitrogen and oxygen atoms in total. The van der Waals surface area contributed by atoms with Gasteiger partial charge in [-0.15, -0.1) is 0 Å². The SMILES string of the molecule is CCN(CC)CCNC(=O)c1c(-c2ccccc2)c[nH]c1C. The van der Waals surface area contributed by atoms with Crippen molar-refractivity contribution in [1.82, 2.24) is 15.2 Å². The van der Waals surface area contributed by atoms with Gasteiger partial charge in [-0.1, -0.05) is 44.2 Å². The third-order valence-electron chi connectivity index (χ3n) is 4.00. The first-order chi connectivity index (χ1) is 10.7. The van der Waals surface area contributed by atoms with Crippen molar-refractivity contribution in [2.75, 3.05) is 26.2 Å². The maximum absolute atomic E-state index is 12.5. The molecule has 118 valence electrons. The normalized spacial score (nSPS) is 10.9. The average molecular weight is 299 g/mol. The number of nitrogens with zero attached hydrogens (tertiary/aromatic N) is 1. The van der Waals surface area contributed by atoms with Gasteiger partial charge in [0.25, 0.3) is 5.91 Å². The predicted molar refractivity (Wildman–Crippen MR) is 91.1 cm³/mol. The molecule has 0 spiro atoms. The van der Waals surface area contributed by atoms with Gasteiger partial charge >= 0.3 is 0 Å². The molecule has 2 rings (SSSR count). The number of hydrogen-bond acceptors (Lipinski definition) is 2. The molecule has 0 unspecified atom stereocenters. The zero-order valence-corrected chi connectivity index (χ0v) is 13.6. The van der Waals surface area contributed by atoms with Crippen molar-refractivity contribution in [3.05, 3.63) is 47.8 Å². The average Bonchev–Trinajstić information content (AvgIpc) is 2.94. The first-order valence-electron chi connectivity index (χ1n) is 7.91. The number of likely N-dealkylation sites (N-methyl/N-ethyl adjacent to an activating group) is 1. The van der Waals surface area contributed by atoms with Gasteiger partial charge in [0.1, 0.15) is 0 Å². The fraction of sp³-hybridized carbons (Fsp3) is 0.389. The number of nitrogens with one attached hydrogen (secondary N) is 2. The van der Waals surface area contributed by atoms with E-state index in [0.29, 0.717) is 6.54 Å².